The predicted octanol–water partition coefficient (Wildman–Crippen LogP) is 5.04. The minimum Gasteiger partial charge on any atom is -0.485 e. The number of piperidine rings is 1. The second-order valence-corrected chi connectivity index (χ2v) is 11.1. The van der Waals surface area contributed by atoms with Gasteiger partial charge >= 0.3 is 5.97 Å². The second kappa shape index (κ2) is 11.3. The molecule has 218 valence electrons. The Labute approximate surface area is 243 Å². The molecule has 0 saturated carbocycles. The number of pyridine rings is 1. The first-order chi connectivity index (χ1) is 20.6. The maximum atomic E-state index is 13.4. The number of carbonyl (C=O) groups is 1. The molecular formula is C32H33FN4O5. The van der Waals surface area contributed by atoms with Crippen molar-refractivity contribution in [2.75, 3.05) is 33.4 Å². The van der Waals surface area contributed by atoms with Gasteiger partial charge < -0.3 is 23.5 Å². The Morgan fingerprint density at radius 1 is 1.05 bits per heavy atom. The fourth-order valence-electron chi connectivity index (χ4n) is 6.10. The maximum absolute atomic E-state index is 13.4. The van der Waals surface area contributed by atoms with E-state index in [0.29, 0.717) is 31.3 Å². The van der Waals surface area contributed by atoms with E-state index < -0.39 is 5.97 Å². The van der Waals surface area contributed by atoms with Crippen molar-refractivity contribution in [3.63, 3.8) is 0 Å². The second-order valence-electron chi connectivity index (χ2n) is 11.1. The molecule has 3 aliphatic rings. The van der Waals surface area contributed by atoms with Crippen LogP contribution in [-0.2, 0) is 22.6 Å². The summed E-state index contributed by atoms with van der Waals surface area (Å²) in [4.78, 5) is 24.1. The highest BCUT2D eigenvalue weighted by Crippen LogP contribution is 2.44. The number of carbonyl (C=O) groups excluding carboxylic acids is 1. The molecule has 0 amide bonds. The van der Waals surface area contributed by atoms with E-state index in [2.05, 4.69) is 20.5 Å². The first-order valence-electron chi connectivity index (χ1n) is 14.5. The average Bonchev–Trinajstić information content (AvgIpc) is 3.34. The minimum absolute atomic E-state index is 0.129. The highest BCUT2D eigenvalue weighted by atomic mass is 19.1. The SMILES string of the molecule is COC(=O)c1ccc2nc(CN3CCC(c4cccc5c4OCC(c4ccc(F)cc4)O5)CC3)n(C[C@@H]3CCO3)c2n1. The normalized spacial score (nSPS) is 20.8. The molecule has 3 aliphatic heterocycles. The van der Waals surface area contributed by atoms with E-state index in [1.54, 1.807) is 18.2 Å². The third kappa shape index (κ3) is 5.20. The molecule has 0 N–H and O–H groups in total. The zero-order chi connectivity index (χ0) is 28.6. The molecular weight excluding hydrogens is 539 g/mol. The number of hydrogen-bond donors (Lipinski definition) is 0. The molecule has 7 rings (SSSR count). The molecule has 5 heterocycles. The lowest BCUT2D eigenvalue weighted by Crippen LogP contribution is -2.35. The van der Waals surface area contributed by atoms with Crippen LogP contribution in [0.5, 0.6) is 11.5 Å². The summed E-state index contributed by atoms with van der Waals surface area (Å²) in [6, 6.07) is 16.0. The van der Waals surface area contributed by atoms with Crippen molar-refractivity contribution in [1.29, 1.82) is 0 Å². The number of ether oxygens (including phenoxy) is 4. The summed E-state index contributed by atoms with van der Waals surface area (Å²) in [7, 11) is 1.36. The van der Waals surface area contributed by atoms with Crippen LogP contribution in [0, 0.1) is 5.82 Å². The molecule has 2 saturated heterocycles. The molecule has 0 aliphatic carbocycles. The van der Waals surface area contributed by atoms with Crippen molar-refractivity contribution in [1.82, 2.24) is 19.4 Å². The fourth-order valence-corrected chi connectivity index (χ4v) is 6.10. The number of methoxy groups -OCH3 is 1. The number of para-hydroxylation sites is 1. The van der Waals surface area contributed by atoms with E-state index in [0.717, 1.165) is 67.4 Å². The smallest absolute Gasteiger partial charge is 0.356 e. The molecule has 0 spiro atoms. The van der Waals surface area contributed by atoms with Gasteiger partial charge in [0.1, 0.15) is 23.8 Å². The van der Waals surface area contributed by atoms with Gasteiger partial charge in [0, 0.05) is 12.2 Å². The van der Waals surface area contributed by atoms with Gasteiger partial charge in [0.05, 0.1) is 26.3 Å². The molecule has 0 radical (unpaired) electrons. The Morgan fingerprint density at radius 3 is 2.60 bits per heavy atom. The van der Waals surface area contributed by atoms with Gasteiger partial charge in [-0.3, -0.25) is 4.90 Å². The van der Waals surface area contributed by atoms with Crippen LogP contribution in [0.3, 0.4) is 0 Å². The number of fused-ring (bicyclic) bond motifs is 2. The largest absolute Gasteiger partial charge is 0.485 e. The number of halogens is 1. The van der Waals surface area contributed by atoms with Gasteiger partial charge in [0.2, 0.25) is 0 Å². The lowest BCUT2D eigenvalue weighted by molar-refractivity contribution is -0.0593. The van der Waals surface area contributed by atoms with E-state index >= 15 is 0 Å². The molecule has 42 heavy (non-hydrogen) atoms. The molecule has 2 atom stereocenters. The van der Waals surface area contributed by atoms with E-state index in [1.807, 2.05) is 18.2 Å². The minimum atomic E-state index is -0.461. The van der Waals surface area contributed by atoms with E-state index in [-0.39, 0.29) is 23.7 Å². The van der Waals surface area contributed by atoms with Crippen molar-refractivity contribution < 1.29 is 28.1 Å². The van der Waals surface area contributed by atoms with Gasteiger partial charge in [0.15, 0.2) is 28.9 Å². The summed E-state index contributed by atoms with van der Waals surface area (Å²) >= 11 is 0. The van der Waals surface area contributed by atoms with Crippen molar-refractivity contribution in [2.24, 2.45) is 0 Å². The quantitative estimate of drug-likeness (QED) is 0.285. The average molecular weight is 573 g/mol. The van der Waals surface area contributed by atoms with Crippen LogP contribution in [-0.4, -0.2) is 64.9 Å². The number of aromatic nitrogens is 3. The summed E-state index contributed by atoms with van der Waals surface area (Å²) in [5, 5.41) is 0. The molecule has 9 nitrogen and oxygen atoms in total. The summed E-state index contributed by atoms with van der Waals surface area (Å²) in [6.07, 6.45) is 2.83. The van der Waals surface area contributed by atoms with Crippen molar-refractivity contribution in [3.05, 3.63) is 83.1 Å². The topological polar surface area (TPSA) is 87.9 Å². The summed E-state index contributed by atoms with van der Waals surface area (Å²) in [6.45, 7) is 4.34. The van der Waals surface area contributed by atoms with Crippen LogP contribution >= 0.6 is 0 Å². The van der Waals surface area contributed by atoms with Crippen LogP contribution in [0.2, 0.25) is 0 Å². The first-order valence-corrected chi connectivity index (χ1v) is 14.5. The number of likely N-dealkylation sites (tertiary alicyclic amines) is 1. The number of rotatable bonds is 7. The summed E-state index contributed by atoms with van der Waals surface area (Å²) < 4.78 is 38.7. The lowest BCUT2D eigenvalue weighted by atomic mass is 9.88. The maximum Gasteiger partial charge on any atom is 0.356 e. The van der Waals surface area contributed by atoms with Gasteiger partial charge in [-0.1, -0.05) is 24.3 Å². The van der Waals surface area contributed by atoms with Gasteiger partial charge in [-0.15, -0.1) is 0 Å². The van der Waals surface area contributed by atoms with Crippen LogP contribution in [0.4, 0.5) is 4.39 Å². The highest BCUT2D eigenvalue weighted by molar-refractivity contribution is 5.89. The number of nitrogens with zero attached hydrogens (tertiary/aromatic N) is 4. The summed E-state index contributed by atoms with van der Waals surface area (Å²) in [5.74, 6) is 2.11. The molecule has 10 heteroatoms. The Hall–Kier alpha value is -4.02. The zero-order valence-electron chi connectivity index (χ0n) is 23.5. The van der Waals surface area contributed by atoms with Gasteiger partial charge in [-0.25, -0.2) is 19.2 Å². The Bertz CT molecular complexity index is 1590. The van der Waals surface area contributed by atoms with Crippen LogP contribution in [0.15, 0.2) is 54.6 Å². The van der Waals surface area contributed by atoms with E-state index in [4.69, 9.17) is 23.9 Å². The Balaban J connectivity index is 1.05. The van der Waals surface area contributed by atoms with Gasteiger partial charge in [0.25, 0.3) is 0 Å². The van der Waals surface area contributed by atoms with Crippen molar-refractivity contribution >= 4 is 17.1 Å². The molecule has 0 bridgehead atoms. The van der Waals surface area contributed by atoms with Crippen LogP contribution < -0.4 is 9.47 Å². The number of esters is 1. The third-order valence-corrected chi connectivity index (χ3v) is 8.54. The number of imidazole rings is 1. The van der Waals surface area contributed by atoms with E-state index in [1.165, 1.54) is 24.8 Å². The monoisotopic (exact) mass is 572 g/mol. The van der Waals surface area contributed by atoms with Crippen LogP contribution in [0.1, 0.15) is 58.7 Å². The zero-order valence-corrected chi connectivity index (χ0v) is 23.5. The predicted molar refractivity (Wildman–Crippen MR) is 152 cm³/mol. The number of benzene rings is 2. The molecule has 4 aromatic rings. The number of hydrogen-bond acceptors (Lipinski definition) is 8. The van der Waals surface area contributed by atoms with E-state index in [9.17, 15) is 9.18 Å². The van der Waals surface area contributed by atoms with Crippen LogP contribution in [0.25, 0.3) is 11.2 Å². The van der Waals surface area contributed by atoms with Crippen molar-refractivity contribution in [3.8, 4) is 11.5 Å². The van der Waals surface area contributed by atoms with Gasteiger partial charge in [-0.2, -0.15) is 0 Å². The van der Waals surface area contributed by atoms with Crippen molar-refractivity contribution in [2.45, 2.75) is 50.5 Å². The fraction of sp³-hybridized carbons (Fsp3) is 0.406. The third-order valence-electron chi connectivity index (χ3n) is 8.54. The standard InChI is InChI=1S/C32H33FN4O5/c1-39-32(38)26-10-9-25-31(35-26)37(17-23-13-16-40-23)29(34-25)18-36-14-11-20(12-15-36)24-3-2-4-27-30(24)41-19-28(42-27)21-5-7-22(33)8-6-21/h2-10,20,23,28H,11-19H2,1H3/t23-,28?/m0/s1. The molecule has 2 aromatic carbocycles. The highest BCUT2D eigenvalue weighted by Gasteiger charge is 2.30. The van der Waals surface area contributed by atoms with Gasteiger partial charge in [-0.05, 0) is 74.2 Å². The first kappa shape index (κ1) is 26.9. The lowest BCUT2D eigenvalue weighted by Gasteiger charge is -2.35. The molecule has 1 unspecified atom stereocenters. The Morgan fingerprint density at radius 2 is 1.86 bits per heavy atom. The molecule has 2 fully saturated rings. The molecule has 2 aromatic heterocycles. The summed E-state index contributed by atoms with van der Waals surface area (Å²) in [5.41, 5.74) is 3.80. The Kier molecular flexibility index (Phi) is 7.25.